The van der Waals surface area contributed by atoms with Crippen LogP contribution in [0.4, 0.5) is 13.2 Å². The fourth-order valence-electron chi connectivity index (χ4n) is 2.89. The molecule has 2 N–H and O–H groups in total. The largest absolute Gasteiger partial charge is 0.508 e. The van der Waals surface area contributed by atoms with Crippen molar-refractivity contribution in [3.05, 3.63) is 29.8 Å². The maximum atomic E-state index is 12.7. The molecule has 122 valence electrons. The molecule has 0 spiro atoms. The molecule has 2 atom stereocenters. The van der Waals surface area contributed by atoms with Crippen molar-refractivity contribution in [2.45, 2.75) is 50.7 Å². The fourth-order valence-corrected chi connectivity index (χ4v) is 2.89. The number of carbonyl (C=O) groups excluding carboxylic acids is 1. The third-order valence-corrected chi connectivity index (χ3v) is 4.12. The van der Waals surface area contributed by atoms with Crippen molar-refractivity contribution in [1.29, 1.82) is 0 Å². The van der Waals surface area contributed by atoms with Crippen LogP contribution in [-0.4, -0.2) is 23.2 Å². The molecule has 0 saturated heterocycles. The summed E-state index contributed by atoms with van der Waals surface area (Å²) in [5, 5.41) is 12.3. The highest BCUT2D eigenvalue weighted by atomic mass is 19.4. The maximum absolute atomic E-state index is 12.7. The zero-order chi connectivity index (χ0) is 16.2. The monoisotopic (exact) mass is 315 g/mol. The van der Waals surface area contributed by atoms with Gasteiger partial charge in [0.05, 0.1) is 5.92 Å². The average molecular weight is 315 g/mol. The maximum Gasteiger partial charge on any atom is 0.391 e. The second-order valence-corrected chi connectivity index (χ2v) is 5.80. The molecule has 1 amide bonds. The van der Waals surface area contributed by atoms with E-state index in [1.807, 2.05) is 0 Å². The SMILES string of the molecule is O=C(CCc1ccccc1O)NC1CCCC(C(F)(F)F)C1. The topological polar surface area (TPSA) is 49.3 Å². The van der Waals surface area contributed by atoms with E-state index in [0.717, 1.165) is 0 Å². The first-order chi connectivity index (χ1) is 10.4. The standard InChI is InChI=1S/C16H20F3NO2/c17-16(18,19)12-5-3-6-13(10-12)20-15(22)9-8-11-4-1-2-7-14(11)21/h1-2,4,7,12-13,21H,3,5-6,8-10H2,(H,20,22). The van der Waals surface area contributed by atoms with Gasteiger partial charge in [0.25, 0.3) is 0 Å². The summed E-state index contributed by atoms with van der Waals surface area (Å²) in [6.45, 7) is 0. The molecule has 2 rings (SSSR count). The molecule has 6 heteroatoms. The van der Waals surface area contributed by atoms with Gasteiger partial charge in [-0.3, -0.25) is 4.79 Å². The lowest BCUT2D eigenvalue weighted by Gasteiger charge is -2.31. The Hall–Kier alpha value is -1.72. The number of rotatable bonds is 4. The van der Waals surface area contributed by atoms with Gasteiger partial charge in [0.1, 0.15) is 5.75 Å². The van der Waals surface area contributed by atoms with E-state index in [2.05, 4.69) is 5.32 Å². The first kappa shape index (κ1) is 16.6. The van der Waals surface area contributed by atoms with Crippen LogP contribution in [0.15, 0.2) is 24.3 Å². The second-order valence-electron chi connectivity index (χ2n) is 5.80. The number of nitrogens with one attached hydrogen (secondary N) is 1. The summed E-state index contributed by atoms with van der Waals surface area (Å²) in [5.74, 6) is -1.45. The molecule has 22 heavy (non-hydrogen) atoms. The van der Waals surface area contributed by atoms with Crippen LogP contribution in [0.25, 0.3) is 0 Å². The normalized spacial score (nSPS) is 22.3. The number of hydrogen-bond donors (Lipinski definition) is 2. The predicted molar refractivity (Wildman–Crippen MR) is 76.4 cm³/mol. The van der Waals surface area contributed by atoms with Gasteiger partial charge in [0.15, 0.2) is 0 Å². The summed E-state index contributed by atoms with van der Waals surface area (Å²) in [7, 11) is 0. The van der Waals surface area contributed by atoms with E-state index >= 15 is 0 Å². The van der Waals surface area contributed by atoms with Crippen molar-refractivity contribution in [2.24, 2.45) is 5.92 Å². The Bertz CT molecular complexity index is 516. The van der Waals surface area contributed by atoms with Crippen molar-refractivity contribution >= 4 is 5.91 Å². The van der Waals surface area contributed by atoms with E-state index < -0.39 is 18.1 Å². The lowest BCUT2D eigenvalue weighted by molar-refractivity contribution is -0.184. The molecule has 0 radical (unpaired) electrons. The highest BCUT2D eigenvalue weighted by Gasteiger charge is 2.42. The van der Waals surface area contributed by atoms with E-state index in [0.29, 0.717) is 24.8 Å². The summed E-state index contributed by atoms with van der Waals surface area (Å²) in [6, 6.07) is 6.32. The number of hydrogen-bond acceptors (Lipinski definition) is 2. The van der Waals surface area contributed by atoms with E-state index in [1.165, 1.54) is 0 Å². The molecule has 2 unspecified atom stereocenters. The van der Waals surface area contributed by atoms with Crippen molar-refractivity contribution in [1.82, 2.24) is 5.32 Å². The van der Waals surface area contributed by atoms with Crippen LogP contribution < -0.4 is 5.32 Å². The zero-order valence-corrected chi connectivity index (χ0v) is 12.2. The molecule has 0 bridgehead atoms. The van der Waals surface area contributed by atoms with Crippen molar-refractivity contribution in [3.63, 3.8) is 0 Å². The molecular weight excluding hydrogens is 295 g/mol. The van der Waals surface area contributed by atoms with Gasteiger partial charge in [-0.25, -0.2) is 0 Å². The lowest BCUT2D eigenvalue weighted by Crippen LogP contribution is -2.41. The number of phenolic OH excluding ortho intramolecular Hbond substituents is 1. The summed E-state index contributed by atoms with van der Waals surface area (Å²) >= 11 is 0. The van der Waals surface area contributed by atoms with Gasteiger partial charge in [0, 0.05) is 12.5 Å². The van der Waals surface area contributed by atoms with Crippen molar-refractivity contribution in [3.8, 4) is 5.75 Å². The number of amides is 1. The van der Waals surface area contributed by atoms with Crippen LogP contribution in [-0.2, 0) is 11.2 Å². The van der Waals surface area contributed by atoms with Crippen LogP contribution in [0.2, 0.25) is 0 Å². The Kier molecular flexibility index (Phi) is 5.32. The molecule has 1 saturated carbocycles. The van der Waals surface area contributed by atoms with Crippen LogP contribution in [0.3, 0.4) is 0 Å². The third-order valence-electron chi connectivity index (χ3n) is 4.12. The quantitative estimate of drug-likeness (QED) is 0.892. The molecule has 1 aliphatic carbocycles. The number of para-hydroxylation sites is 1. The first-order valence-corrected chi connectivity index (χ1v) is 7.49. The Balaban J connectivity index is 1.81. The van der Waals surface area contributed by atoms with Crippen molar-refractivity contribution < 1.29 is 23.1 Å². The van der Waals surface area contributed by atoms with Gasteiger partial charge < -0.3 is 10.4 Å². The molecule has 1 fully saturated rings. The van der Waals surface area contributed by atoms with Crippen LogP contribution in [0.5, 0.6) is 5.75 Å². The third kappa shape index (κ3) is 4.64. The molecular formula is C16H20F3NO2. The number of aromatic hydroxyl groups is 1. The molecule has 0 heterocycles. The molecule has 1 aromatic carbocycles. The average Bonchev–Trinajstić information content (AvgIpc) is 2.46. The number of phenols is 1. The summed E-state index contributed by atoms with van der Waals surface area (Å²) < 4.78 is 38.2. The predicted octanol–water partition coefficient (Wildman–Crippen LogP) is 3.56. The zero-order valence-electron chi connectivity index (χ0n) is 12.2. The molecule has 1 aromatic rings. The Labute approximate surface area is 127 Å². The number of benzene rings is 1. The van der Waals surface area contributed by atoms with Crippen LogP contribution in [0.1, 0.15) is 37.7 Å². The highest BCUT2D eigenvalue weighted by molar-refractivity contribution is 5.76. The van der Waals surface area contributed by atoms with Crippen LogP contribution >= 0.6 is 0 Å². The number of carbonyl (C=O) groups is 1. The number of aryl methyl sites for hydroxylation is 1. The Morgan fingerprint density at radius 3 is 2.68 bits per heavy atom. The van der Waals surface area contributed by atoms with Gasteiger partial charge in [-0.15, -0.1) is 0 Å². The van der Waals surface area contributed by atoms with E-state index in [4.69, 9.17) is 0 Å². The Morgan fingerprint density at radius 2 is 2.00 bits per heavy atom. The minimum Gasteiger partial charge on any atom is -0.508 e. The van der Waals surface area contributed by atoms with Gasteiger partial charge >= 0.3 is 6.18 Å². The lowest BCUT2D eigenvalue weighted by atomic mass is 9.85. The first-order valence-electron chi connectivity index (χ1n) is 7.49. The molecule has 3 nitrogen and oxygen atoms in total. The molecule has 0 aromatic heterocycles. The van der Waals surface area contributed by atoms with E-state index in [1.54, 1.807) is 24.3 Å². The Morgan fingerprint density at radius 1 is 1.27 bits per heavy atom. The van der Waals surface area contributed by atoms with E-state index in [-0.39, 0.29) is 30.9 Å². The minimum absolute atomic E-state index is 0.0359. The van der Waals surface area contributed by atoms with E-state index in [9.17, 15) is 23.1 Å². The smallest absolute Gasteiger partial charge is 0.391 e. The van der Waals surface area contributed by atoms with Gasteiger partial charge in [-0.2, -0.15) is 13.2 Å². The van der Waals surface area contributed by atoms with Gasteiger partial charge in [-0.1, -0.05) is 24.6 Å². The highest BCUT2D eigenvalue weighted by Crippen LogP contribution is 2.37. The van der Waals surface area contributed by atoms with Gasteiger partial charge in [-0.05, 0) is 37.3 Å². The molecule has 1 aliphatic rings. The van der Waals surface area contributed by atoms with Crippen LogP contribution in [0, 0.1) is 5.92 Å². The second kappa shape index (κ2) is 7.03. The summed E-state index contributed by atoms with van der Waals surface area (Å²) in [4.78, 5) is 11.9. The van der Waals surface area contributed by atoms with Crippen molar-refractivity contribution in [2.75, 3.05) is 0 Å². The minimum atomic E-state index is -4.18. The van der Waals surface area contributed by atoms with Gasteiger partial charge in [0.2, 0.25) is 5.91 Å². The fraction of sp³-hybridized carbons (Fsp3) is 0.562. The summed E-state index contributed by atoms with van der Waals surface area (Å²) in [5.41, 5.74) is 0.662. The number of halogens is 3. The number of alkyl halides is 3. The molecule has 0 aliphatic heterocycles. The summed E-state index contributed by atoms with van der Waals surface area (Å²) in [6.07, 6.45) is -2.47.